The van der Waals surface area contributed by atoms with Crippen LogP contribution >= 0.6 is 0 Å². The number of aromatic amines is 1. The monoisotopic (exact) mass is 539 g/mol. The number of benzene rings is 2. The molecule has 5 aromatic rings. The summed E-state index contributed by atoms with van der Waals surface area (Å²) in [5.74, 6) is 0.508. The van der Waals surface area contributed by atoms with Crippen molar-refractivity contribution in [1.82, 2.24) is 24.9 Å². The molecule has 1 aliphatic heterocycles. The van der Waals surface area contributed by atoms with Crippen LogP contribution in [-0.2, 0) is 6.54 Å². The molecule has 0 aliphatic carbocycles. The Hall–Kier alpha value is -5.06. The van der Waals surface area contributed by atoms with Crippen molar-refractivity contribution in [1.29, 1.82) is 0 Å². The Balaban J connectivity index is 1.26. The van der Waals surface area contributed by atoms with Crippen LogP contribution in [0.15, 0.2) is 61.1 Å². The van der Waals surface area contributed by atoms with Crippen molar-refractivity contribution < 1.29 is 8.78 Å². The second-order valence-corrected chi connectivity index (χ2v) is 9.81. The van der Waals surface area contributed by atoms with E-state index in [4.69, 9.17) is 4.98 Å². The van der Waals surface area contributed by atoms with Gasteiger partial charge in [-0.15, -0.1) is 0 Å². The summed E-state index contributed by atoms with van der Waals surface area (Å²) in [5, 5.41) is 6.47. The average molecular weight is 540 g/mol. The van der Waals surface area contributed by atoms with Crippen LogP contribution in [0.1, 0.15) is 22.5 Å². The number of imidazole rings is 1. The number of aryl methyl sites for hydroxylation is 3. The lowest BCUT2D eigenvalue weighted by molar-refractivity contribution is 0.510. The summed E-state index contributed by atoms with van der Waals surface area (Å²) in [6.07, 6.45) is 1.82. The molecule has 0 amide bonds. The van der Waals surface area contributed by atoms with Crippen molar-refractivity contribution >= 4 is 45.8 Å². The molecule has 0 fully saturated rings. The van der Waals surface area contributed by atoms with Gasteiger partial charge in [0.05, 0.1) is 29.0 Å². The molecule has 11 heteroatoms. The van der Waals surface area contributed by atoms with Crippen LogP contribution in [0.5, 0.6) is 0 Å². The summed E-state index contributed by atoms with van der Waals surface area (Å²) in [6.45, 7) is 10.8. The third-order valence-corrected chi connectivity index (χ3v) is 6.94. The van der Waals surface area contributed by atoms with Gasteiger partial charge in [0, 0.05) is 48.0 Å². The highest BCUT2D eigenvalue weighted by Crippen LogP contribution is 2.37. The zero-order valence-corrected chi connectivity index (χ0v) is 22.5. The predicted octanol–water partition coefficient (Wildman–Crippen LogP) is 6.37. The smallest absolute Gasteiger partial charge is 0.229 e. The van der Waals surface area contributed by atoms with E-state index in [0.29, 0.717) is 29.5 Å². The molecule has 6 rings (SSSR count). The fourth-order valence-electron chi connectivity index (χ4n) is 4.77. The second-order valence-electron chi connectivity index (χ2n) is 9.81. The largest absolute Gasteiger partial charge is 0.326 e. The molecule has 0 spiro atoms. The number of rotatable bonds is 5. The average Bonchev–Trinajstić information content (AvgIpc) is 3.30. The number of fused-ring (bicyclic) bond motifs is 2. The lowest BCUT2D eigenvalue weighted by atomic mass is 10.1. The molecule has 40 heavy (non-hydrogen) atoms. The minimum Gasteiger partial charge on any atom is -0.326 e. The molecular formula is C29H27F2N9. The zero-order chi connectivity index (χ0) is 28.1. The summed E-state index contributed by atoms with van der Waals surface area (Å²) in [5.41, 5.74) is 7.07. The summed E-state index contributed by atoms with van der Waals surface area (Å²) < 4.78 is 27.3. The van der Waals surface area contributed by atoms with E-state index in [-0.39, 0.29) is 0 Å². The maximum atomic E-state index is 13.6. The van der Waals surface area contributed by atoms with Crippen LogP contribution in [0.25, 0.3) is 11.0 Å². The predicted molar refractivity (Wildman–Crippen MR) is 153 cm³/mol. The van der Waals surface area contributed by atoms with Crippen LogP contribution in [0.2, 0.25) is 0 Å². The quantitative estimate of drug-likeness (QED) is 0.237. The molecule has 2 aromatic carbocycles. The lowest BCUT2D eigenvalue weighted by Gasteiger charge is -2.39. The summed E-state index contributed by atoms with van der Waals surface area (Å²) in [7, 11) is 1.92. The topological polar surface area (TPSA) is 97.9 Å². The van der Waals surface area contributed by atoms with Crippen LogP contribution in [0.4, 0.5) is 43.6 Å². The maximum absolute atomic E-state index is 13.6. The van der Waals surface area contributed by atoms with Crippen molar-refractivity contribution in [3.05, 3.63) is 95.2 Å². The Morgan fingerprint density at radius 1 is 0.950 bits per heavy atom. The van der Waals surface area contributed by atoms with Gasteiger partial charge in [-0.2, -0.15) is 4.98 Å². The Morgan fingerprint density at radius 2 is 1.75 bits per heavy atom. The number of hydrogen-bond donors (Lipinski definition) is 3. The first-order valence-electron chi connectivity index (χ1n) is 12.7. The number of pyridine rings is 1. The highest BCUT2D eigenvalue weighted by molar-refractivity contribution is 5.79. The van der Waals surface area contributed by atoms with E-state index in [1.807, 2.05) is 69.2 Å². The molecule has 0 unspecified atom stereocenters. The first kappa shape index (κ1) is 25.2. The fourth-order valence-corrected chi connectivity index (χ4v) is 4.77. The summed E-state index contributed by atoms with van der Waals surface area (Å²) in [6, 6.07) is 12.0. The first-order valence-corrected chi connectivity index (χ1v) is 12.7. The molecular weight excluding hydrogens is 512 g/mol. The van der Waals surface area contributed by atoms with Crippen LogP contribution in [-0.4, -0.2) is 32.0 Å². The van der Waals surface area contributed by atoms with Gasteiger partial charge >= 0.3 is 0 Å². The van der Waals surface area contributed by atoms with Gasteiger partial charge in [0.2, 0.25) is 11.9 Å². The van der Waals surface area contributed by atoms with E-state index < -0.39 is 11.6 Å². The Labute approximate surface area is 229 Å². The molecule has 3 aromatic heterocycles. The summed E-state index contributed by atoms with van der Waals surface area (Å²) >= 11 is 0. The number of hydrogen-bond acceptors (Lipinski definition) is 8. The van der Waals surface area contributed by atoms with Gasteiger partial charge < -0.3 is 25.4 Å². The number of nitrogens with one attached hydrogen (secondary N) is 3. The number of H-pyrrole nitrogens is 1. The van der Waals surface area contributed by atoms with Crippen molar-refractivity contribution in [3.8, 4) is 0 Å². The van der Waals surface area contributed by atoms with Crippen LogP contribution in [0.3, 0.4) is 0 Å². The van der Waals surface area contributed by atoms with E-state index in [0.717, 1.165) is 63.3 Å². The van der Waals surface area contributed by atoms with Crippen LogP contribution in [0, 0.1) is 32.4 Å². The minimum absolute atomic E-state index is 0.332. The van der Waals surface area contributed by atoms with Gasteiger partial charge in [-0.1, -0.05) is 12.6 Å². The highest BCUT2D eigenvalue weighted by Gasteiger charge is 2.27. The molecule has 3 N–H and O–H groups in total. The molecule has 0 saturated heterocycles. The zero-order valence-electron chi connectivity index (χ0n) is 22.5. The van der Waals surface area contributed by atoms with E-state index in [9.17, 15) is 8.78 Å². The van der Waals surface area contributed by atoms with Gasteiger partial charge in [-0.25, -0.2) is 18.7 Å². The van der Waals surface area contributed by atoms with Crippen molar-refractivity contribution in [3.63, 3.8) is 0 Å². The van der Waals surface area contributed by atoms with Gasteiger partial charge in [-0.3, -0.25) is 4.98 Å². The van der Waals surface area contributed by atoms with Crippen molar-refractivity contribution in [2.45, 2.75) is 27.3 Å². The molecule has 202 valence electrons. The molecule has 1 aliphatic rings. The van der Waals surface area contributed by atoms with Crippen molar-refractivity contribution in [2.24, 2.45) is 0 Å². The number of nitrogens with zero attached hydrogens (tertiary/aromatic N) is 6. The Morgan fingerprint density at radius 3 is 2.55 bits per heavy atom. The fraction of sp³-hybridized carbons (Fsp3) is 0.172. The lowest BCUT2D eigenvalue weighted by Crippen LogP contribution is -2.38. The molecule has 0 radical (unpaired) electrons. The minimum atomic E-state index is -0.940. The molecule has 0 saturated carbocycles. The van der Waals surface area contributed by atoms with E-state index in [1.165, 1.54) is 0 Å². The Kier molecular flexibility index (Phi) is 6.05. The molecule has 0 bridgehead atoms. The molecule has 4 heterocycles. The maximum Gasteiger partial charge on any atom is 0.229 e. The van der Waals surface area contributed by atoms with Gasteiger partial charge in [-0.05, 0) is 50.6 Å². The third-order valence-electron chi connectivity index (χ3n) is 6.94. The molecule has 9 nitrogen and oxygen atoms in total. The van der Waals surface area contributed by atoms with Gasteiger partial charge in [0.1, 0.15) is 11.6 Å². The molecule has 0 atom stereocenters. The number of halogens is 2. The third kappa shape index (κ3) is 4.55. The van der Waals surface area contributed by atoms with E-state index >= 15 is 0 Å². The SMILES string of the molecule is C=C1N(C)c2nc(Nc3ccc(C)nc3C)ncc2CN1c1cc(Nc2nc3cc(F)c(F)cc3[nH]2)ccc1C. The van der Waals surface area contributed by atoms with Gasteiger partial charge in [0.15, 0.2) is 11.6 Å². The van der Waals surface area contributed by atoms with E-state index in [2.05, 4.69) is 42.0 Å². The standard InChI is InChI=1S/C29H27F2N9/c1-15-6-8-20(34-29-36-24-11-21(30)22(31)12-25(24)37-29)10-26(15)40-14-19-13-32-28(38-27(19)39(5)18(40)4)35-23-9-7-16(2)33-17(23)3/h6-13H,4,14H2,1-3,5H3,(H,32,35,38)(H2,34,36,37). The number of aromatic nitrogens is 5. The number of anilines is 6. The summed E-state index contributed by atoms with van der Waals surface area (Å²) in [4.78, 5) is 25.2. The van der Waals surface area contributed by atoms with Crippen molar-refractivity contribution in [2.75, 3.05) is 27.5 Å². The Bertz CT molecular complexity index is 1760. The van der Waals surface area contributed by atoms with Gasteiger partial charge in [0.25, 0.3) is 0 Å². The van der Waals surface area contributed by atoms with E-state index in [1.54, 1.807) is 0 Å². The van der Waals surface area contributed by atoms with Crippen LogP contribution < -0.4 is 20.4 Å². The normalized spacial score (nSPS) is 13.1. The second kappa shape index (κ2) is 9.60. The highest BCUT2D eigenvalue weighted by atomic mass is 19.2. The first-order chi connectivity index (χ1) is 19.2.